The van der Waals surface area contributed by atoms with Gasteiger partial charge in [-0.05, 0) is 47.1 Å². The lowest BCUT2D eigenvalue weighted by Gasteiger charge is -2.04. The Balaban J connectivity index is 2.20. The zero-order valence-corrected chi connectivity index (χ0v) is 10.0. The zero-order chi connectivity index (χ0) is 11.5. The Bertz CT molecular complexity index is 502. The van der Waals surface area contributed by atoms with Gasteiger partial charge in [-0.2, -0.15) is 5.10 Å². The number of hydrogen-bond donors (Lipinski definition) is 0. The van der Waals surface area contributed by atoms with Crippen LogP contribution in [0.4, 0.5) is 4.39 Å². The summed E-state index contributed by atoms with van der Waals surface area (Å²) in [7, 11) is 0. The summed E-state index contributed by atoms with van der Waals surface area (Å²) in [4.78, 5) is 0. The summed E-state index contributed by atoms with van der Waals surface area (Å²) in [5.74, 6) is 0.554. The molecule has 0 atom stereocenters. The molecular weight excluding hydrogens is 275 g/mol. The number of benzene rings is 1. The number of rotatable bonds is 2. The van der Waals surface area contributed by atoms with Crippen LogP contribution in [0, 0.1) is 12.7 Å². The van der Waals surface area contributed by atoms with Gasteiger partial charge < -0.3 is 4.74 Å². The standard InChI is InChI=1S/C11H8BrFN2O/c1-7-2-5-11(15-14-7)16-8-3-4-10(13)9(12)6-8/h2-6H,1H3. The SMILES string of the molecule is Cc1ccc(Oc2ccc(F)c(Br)c2)nn1. The van der Waals surface area contributed by atoms with Crippen LogP contribution in [0.15, 0.2) is 34.8 Å². The van der Waals surface area contributed by atoms with E-state index in [4.69, 9.17) is 4.74 Å². The van der Waals surface area contributed by atoms with E-state index in [0.29, 0.717) is 16.1 Å². The molecule has 0 radical (unpaired) electrons. The maximum absolute atomic E-state index is 13.0. The van der Waals surface area contributed by atoms with Crippen molar-refractivity contribution in [3.8, 4) is 11.6 Å². The van der Waals surface area contributed by atoms with Gasteiger partial charge in [-0.15, -0.1) is 5.10 Å². The topological polar surface area (TPSA) is 35.0 Å². The van der Waals surface area contributed by atoms with Crippen LogP contribution in [0.25, 0.3) is 0 Å². The summed E-state index contributed by atoms with van der Waals surface area (Å²) in [5.41, 5.74) is 0.813. The van der Waals surface area contributed by atoms with Gasteiger partial charge in [-0.1, -0.05) is 0 Å². The molecule has 82 valence electrons. The lowest BCUT2D eigenvalue weighted by molar-refractivity contribution is 0.452. The third kappa shape index (κ3) is 2.55. The largest absolute Gasteiger partial charge is 0.437 e. The first-order chi connectivity index (χ1) is 7.65. The zero-order valence-electron chi connectivity index (χ0n) is 8.45. The fourth-order valence-electron chi connectivity index (χ4n) is 1.10. The van der Waals surface area contributed by atoms with Gasteiger partial charge in [0, 0.05) is 6.07 Å². The second-order valence-electron chi connectivity index (χ2n) is 3.19. The number of halogens is 2. The molecular formula is C11H8BrFN2O. The van der Waals surface area contributed by atoms with E-state index >= 15 is 0 Å². The first-order valence-corrected chi connectivity index (χ1v) is 5.38. The minimum atomic E-state index is -0.331. The molecule has 1 aromatic heterocycles. The molecule has 2 rings (SSSR count). The smallest absolute Gasteiger partial charge is 0.238 e. The van der Waals surface area contributed by atoms with Gasteiger partial charge in [0.25, 0.3) is 0 Å². The monoisotopic (exact) mass is 282 g/mol. The average molecular weight is 283 g/mol. The number of aromatic nitrogens is 2. The number of ether oxygens (including phenoxy) is 1. The van der Waals surface area contributed by atoms with E-state index in [1.165, 1.54) is 18.2 Å². The van der Waals surface area contributed by atoms with E-state index in [0.717, 1.165) is 5.69 Å². The Labute approximate surface area is 100 Å². The number of hydrogen-bond acceptors (Lipinski definition) is 3. The van der Waals surface area contributed by atoms with Crippen LogP contribution in [0.3, 0.4) is 0 Å². The van der Waals surface area contributed by atoms with E-state index < -0.39 is 0 Å². The maximum atomic E-state index is 13.0. The fraction of sp³-hybridized carbons (Fsp3) is 0.0909. The van der Waals surface area contributed by atoms with Crippen LogP contribution in [0.1, 0.15) is 5.69 Å². The number of aryl methyl sites for hydroxylation is 1. The molecule has 1 heterocycles. The summed E-state index contributed by atoms with van der Waals surface area (Å²) in [6.45, 7) is 1.84. The van der Waals surface area contributed by atoms with E-state index in [1.807, 2.05) is 6.92 Å². The molecule has 0 saturated carbocycles. The van der Waals surface area contributed by atoms with E-state index in [9.17, 15) is 4.39 Å². The van der Waals surface area contributed by atoms with Crippen molar-refractivity contribution >= 4 is 15.9 Å². The Morgan fingerprint density at radius 1 is 1.19 bits per heavy atom. The molecule has 0 saturated heterocycles. The van der Waals surface area contributed by atoms with Crippen LogP contribution in [-0.2, 0) is 0 Å². The molecule has 3 nitrogen and oxygen atoms in total. The normalized spacial score (nSPS) is 10.2. The Hall–Kier alpha value is -1.49. The van der Waals surface area contributed by atoms with Crippen LogP contribution in [0.5, 0.6) is 11.6 Å². The van der Waals surface area contributed by atoms with Gasteiger partial charge in [0.1, 0.15) is 11.6 Å². The van der Waals surface area contributed by atoms with Crippen LogP contribution in [0.2, 0.25) is 0 Å². The predicted octanol–water partition coefficient (Wildman–Crippen LogP) is 3.48. The third-order valence-electron chi connectivity index (χ3n) is 1.89. The molecule has 5 heteroatoms. The lowest BCUT2D eigenvalue weighted by Crippen LogP contribution is -1.92. The van der Waals surface area contributed by atoms with Gasteiger partial charge in [0.2, 0.25) is 5.88 Å². The van der Waals surface area contributed by atoms with Crippen molar-refractivity contribution < 1.29 is 9.13 Å². The highest BCUT2D eigenvalue weighted by molar-refractivity contribution is 9.10. The molecule has 0 aliphatic rings. The summed E-state index contributed by atoms with van der Waals surface area (Å²) in [6, 6.07) is 7.89. The number of nitrogens with zero attached hydrogens (tertiary/aromatic N) is 2. The Morgan fingerprint density at radius 3 is 2.62 bits per heavy atom. The maximum Gasteiger partial charge on any atom is 0.238 e. The molecule has 0 fully saturated rings. The van der Waals surface area contributed by atoms with Crippen molar-refractivity contribution in [1.82, 2.24) is 10.2 Å². The first-order valence-electron chi connectivity index (χ1n) is 4.58. The minimum Gasteiger partial charge on any atom is -0.437 e. The summed E-state index contributed by atoms with van der Waals surface area (Å²) >= 11 is 3.08. The summed E-state index contributed by atoms with van der Waals surface area (Å²) in [6.07, 6.45) is 0. The second kappa shape index (κ2) is 4.57. The molecule has 0 aliphatic carbocycles. The fourth-order valence-corrected chi connectivity index (χ4v) is 1.46. The Kier molecular flexibility index (Phi) is 3.14. The molecule has 0 N–H and O–H groups in total. The highest BCUT2D eigenvalue weighted by atomic mass is 79.9. The van der Waals surface area contributed by atoms with Crippen LogP contribution < -0.4 is 4.74 Å². The molecule has 0 spiro atoms. The van der Waals surface area contributed by atoms with Crippen LogP contribution in [-0.4, -0.2) is 10.2 Å². The highest BCUT2D eigenvalue weighted by Gasteiger charge is 2.03. The van der Waals surface area contributed by atoms with Gasteiger partial charge in [0.15, 0.2) is 0 Å². The highest BCUT2D eigenvalue weighted by Crippen LogP contribution is 2.24. The van der Waals surface area contributed by atoms with Gasteiger partial charge in [-0.25, -0.2) is 4.39 Å². The quantitative estimate of drug-likeness (QED) is 0.846. The third-order valence-corrected chi connectivity index (χ3v) is 2.49. The van der Waals surface area contributed by atoms with Crippen molar-refractivity contribution in [2.24, 2.45) is 0 Å². The van der Waals surface area contributed by atoms with Crippen molar-refractivity contribution in [3.05, 3.63) is 46.3 Å². The molecule has 0 bridgehead atoms. The van der Waals surface area contributed by atoms with Crippen molar-refractivity contribution in [2.75, 3.05) is 0 Å². The summed E-state index contributed by atoms with van der Waals surface area (Å²) in [5, 5.41) is 7.70. The van der Waals surface area contributed by atoms with E-state index in [1.54, 1.807) is 12.1 Å². The van der Waals surface area contributed by atoms with Crippen molar-refractivity contribution in [3.63, 3.8) is 0 Å². The second-order valence-corrected chi connectivity index (χ2v) is 4.05. The van der Waals surface area contributed by atoms with E-state index in [2.05, 4.69) is 26.1 Å². The average Bonchev–Trinajstić information content (AvgIpc) is 2.27. The molecule has 0 aliphatic heterocycles. The molecule has 16 heavy (non-hydrogen) atoms. The van der Waals surface area contributed by atoms with Crippen LogP contribution >= 0.6 is 15.9 Å². The van der Waals surface area contributed by atoms with Crippen molar-refractivity contribution in [1.29, 1.82) is 0 Å². The van der Waals surface area contributed by atoms with Crippen molar-refractivity contribution in [2.45, 2.75) is 6.92 Å². The van der Waals surface area contributed by atoms with Gasteiger partial charge >= 0.3 is 0 Å². The predicted molar refractivity (Wildman–Crippen MR) is 60.9 cm³/mol. The first kappa shape index (κ1) is 11.0. The van der Waals surface area contributed by atoms with Gasteiger partial charge in [-0.3, -0.25) is 0 Å². The minimum absolute atomic E-state index is 0.331. The summed E-state index contributed by atoms with van der Waals surface area (Å²) < 4.78 is 18.7. The van der Waals surface area contributed by atoms with E-state index in [-0.39, 0.29) is 5.82 Å². The molecule has 1 aromatic carbocycles. The van der Waals surface area contributed by atoms with Gasteiger partial charge in [0.05, 0.1) is 10.2 Å². The molecule has 0 amide bonds. The Morgan fingerprint density at radius 2 is 2.00 bits per heavy atom. The molecule has 2 aromatic rings. The molecule has 0 unspecified atom stereocenters. The lowest BCUT2D eigenvalue weighted by atomic mass is 10.3.